The largest absolute Gasteiger partial charge is 0.462 e. The fourth-order valence-corrected chi connectivity index (χ4v) is 4.10. The van der Waals surface area contributed by atoms with Gasteiger partial charge in [-0.05, 0) is 50.7 Å². The minimum atomic E-state index is -0.409. The number of benzene rings is 1. The minimum absolute atomic E-state index is 0.0449. The molecule has 7 heteroatoms. The van der Waals surface area contributed by atoms with E-state index >= 15 is 0 Å². The van der Waals surface area contributed by atoms with Gasteiger partial charge in [-0.1, -0.05) is 30.3 Å². The van der Waals surface area contributed by atoms with Crippen LogP contribution in [0.1, 0.15) is 63.9 Å². The third kappa shape index (κ3) is 5.54. The molecule has 31 heavy (non-hydrogen) atoms. The Morgan fingerprint density at radius 3 is 2.45 bits per heavy atom. The number of ether oxygens (including phenoxy) is 1. The van der Waals surface area contributed by atoms with Crippen molar-refractivity contribution in [1.29, 1.82) is 0 Å². The molecule has 1 saturated heterocycles. The summed E-state index contributed by atoms with van der Waals surface area (Å²) in [7, 11) is 0. The lowest BCUT2D eigenvalue weighted by molar-refractivity contribution is -0.122. The third-order valence-electron chi connectivity index (χ3n) is 5.84. The summed E-state index contributed by atoms with van der Waals surface area (Å²) in [5.74, 6) is -0.207. The molecule has 0 bridgehead atoms. The van der Waals surface area contributed by atoms with Gasteiger partial charge in [-0.25, -0.2) is 4.79 Å². The molecule has 166 valence electrons. The standard InChI is InChI=1S/C24H31N3O4/c1-4-31-24(30)21-16(2)22(26-17(21)3)23(29)27-12-10-18(11-13-27)14-20(28)25-15-19-8-6-5-7-9-19/h5-9,18,26H,4,10-15H2,1-3H3,(H,25,28). The Hall–Kier alpha value is -3.09. The molecule has 1 aromatic carbocycles. The molecule has 1 aromatic heterocycles. The van der Waals surface area contributed by atoms with Crippen LogP contribution in [0.5, 0.6) is 0 Å². The normalized spacial score (nSPS) is 14.4. The number of carbonyl (C=O) groups is 3. The number of hydrogen-bond donors (Lipinski definition) is 2. The number of H-pyrrole nitrogens is 1. The van der Waals surface area contributed by atoms with Gasteiger partial charge in [0.05, 0.1) is 12.2 Å². The Morgan fingerprint density at radius 2 is 1.81 bits per heavy atom. The second-order valence-electron chi connectivity index (χ2n) is 8.05. The zero-order chi connectivity index (χ0) is 22.4. The number of hydrogen-bond acceptors (Lipinski definition) is 4. The van der Waals surface area contributed by atoms with Gasteiger partial charge in [-0.2, -0.15) is 0 Å². The Labute approximate surface area is 183 Å². The van der Waals surface area contributed by atoms with Crippen LogP contribution in [0.25, 0.3) is 0 Å². The molecule has 2 aromatic rings. The number of amides is 2. The molecule has 0 radical (unpaired) electrons. The van der Waals surface area contributed by atoms with E-state index in [1.165, 1.54) is 0 Å². The monoisotopic (exact) mass is 425 g/mol. The van der Waals surface area contributed by atoms with Crippen LogP contribution in [-0.4, -0.2) is 47.4 Å². The molecule has 0 saturated carbocycles. The maximum absolute atomic E-state index is 13.0. The first-order valence-electron chi connectivity index (χ1n) is 10.9. The van der Waals surface area contributed by atoms with E-state index in [9.17, 15) is 14.4 Å². The maximum atomic E-state index is 13.0. The van der Waals surface area contributed by atoms with Crippen molar-refractivity contribution in [3.8, 4) is 0 Å². The molecule has 3 rings (SSSR count). The molecule has 2 N–H and O–H groups in total. The number of rotatable bonds is 7. The molecule has 2 heterocycles. The van der Waals surface area contributed by atoms with Crippen LogP contribution in [0.15, 0.2) is 30.3 Å². The highest BCUT2D eigenvalue weighted by atomic mass is 16.5. The third-order valence-corrected chi connectivity index (χ3v) is 5.84. The molecule has 0 atom stereocenters. The van der Waals surface area contributed by atoms with E-state index in [1.54, 1.807) is 25.7 Å². The van der Waals surface area contributed by atoms with Gasteiger partial charge in [0.1, 0.15) is 5.69 Å². The van der Waals surface area contributed by atoms with Crippen molar-refractivity contribution < 1.29 is 19.1 Å². The minimum Gasteiger partial charge on any atom is -0.462 e. The highest BCUT2D eigenvalue weighted by Crippen LogP contribution is 2.25. The predicted octanol–water partition coefficient (Wildman–Crippen LogP) is 3.37. The second-order valence-corrected chi connectivity index (χ2v) is 8.05. The van der Waals surface area contributed by atoms with E-state index in [0.29, 0.717) is 55.2 Å². The summed E-state index contributed by atoms with van der Waals surface area (Å²) < 4.78 is 5.11. The van der Waals surface area contributed by atoms with Gasteiger partial charge in [-0.3, -0.25) is 9.59 Å². The van der Waals surface area contributed by atoms with Crippen molar-refractivity contribution in [2.24, 2.45) is 5.92 Å². The molecule has 1 aliphatic rings. The fraction of sp³-hybridized carbons (Fsp3) is 0.458. The highest BCUT2D eigenvalue weighted by Gasteiger charge is 2.29. The Bertz CT molecular complexity index is 928. The van der Waals surface area contributed by atoms with E-state index < -0.39 is 5.97 Å². The fourth-order valence-electron chi connectivity index (χ4n) is 4.10. The van der Waals surface area contributed by atoms with Crippen LogP contribution in [0, 0.1) is 19.8 Å². The van der Waals surface area contributed by atoms with Crippen molar-refractivity contribution in [2.75, 3.05) is 19.7 Å². The summed E-state index contributed by atoms with van der Waals surface area (Å²) in [4.78, 5) is 42.4. The molecule has 7 nitrogen and oxygen atoms in total. The van der Waals surface area contributed by atoms with Crippen LogP contribution in [0.2, 0.25) is 0 Å². The molecule has 1 fully saturated rings. The van der Waals surface area contributed by atoms with Crippen LogP contribution in [0.3, 0.4) is 0 Å². The van der Waals surface area contributed by atoms with Gasteiger partial charge >= 0.3 is 5.97 Å². The van der Waals surface area contributed by atoms with Gasteiger partial charge < -0.3 is 19.9 Å². The molecule has 0 unspecified atom stereocenters. The topological polar surface area (TPSA) is 91.5 Å². The molecular weight excluding hydrogens is 394 g/mol. The molecule has 0 spiro atoms. The van der Waals surface area contributed by atoms with E-state index in [0.717, 1.165) is 18.4 Å². The van der Waals surface area contributed by atoms with Crippen molar-refractivity contribution >= 4 is 17.8 Å². The molecule has 2 amide bonds. The van der Waals surface area contributed by atoms with Gasteiger partial charge in [0.15, 0.2) is 0 Å². The number of carbonyl (C=O) groups excluding carboxylic acids is 3. The van der Waals surface area contributed by atoms with Crippen molar-refractivity contribution in [3.05, 3.63) is 58.4 Å². The van der Waals surface area contributed by atoms with E-state index in [1.807, 2.05) is 30.3 Å². The van der Waals surface area contributed by atoms with Gasteiger partial charge in [-0.15, -0.1) is 0 Å². The summed E-state index contributed by atoms with van der Waals surface area (Å²) in [5.41, 5.74) is 3.23. The number of nitrogens with zero attached hydrogens (tertiary/aromatic N) is 1. The average molecular weight is 426 g/mol. The SMILES string of the molecule is CCOC(=O)c1c(C)[nH]c(C(=O)N2CCC(CC(=O)NCc3ccccc3)CC2)c1C. The lowest BCUT2D eigenvalue weighted by Gasteiger charge is -2.31. The van der Waals surface area contributed by atoms with Crippen LogP contribution >= 0.6 is 0 Å². The maximum Gasteiger partial charge on any atom is 0.340 e. The summed E-state index contributed by atoms with van der Waals surface area (Å²) >= 11 is 0. The second kappa shape index (κ2) is 10.3. The Morgan fingerprint density at radius 1 is 1.13 bits per heavy atom. The number of aromatic nitrogens is 1. The molecule has 1 aliphatic heterocycles. The number of aromatic amines is 1. The highest BCUT2D eigenvalue weighted by molar-refractivity contribution is 6.00. The summed E-state index contributed by atoms with van der Waals surface area (Å²) in [6, 6.07) is 9.84. The van der Waals surface area contributed by atoms with Crippen LogP contribution in [0.4, 0.5) is 0 Å². The van der Waals surface area contributed by atoms with Crippen molar-refractivity contribution in [2.45, 2.75) is 46.6 Å². The van der Waals surface area contributed by atoms with Gasteiger partial charge in [0, 0.05) is 31.7 Å². The van der Waals surface area contributed by atoms with Crippen LogP contribution < -0.4 is 5.32 Å². The zero-order valence-corrected chi connectivity index (χ0v) is 18.5. The smallest absolute Gasteiger partial charge is 0.340 e. The summed E-state index contributed by atoms with van der Waals surface area (Å²) in [5, 5.41) is 2.98. The Kier molecular flexibility index (Phi) is 7.50. The quantitative estimate of drug-likeness (QED) is 0.666. The van der Waals surface area contributed by atoms with Crippen LogP contribution in [-0.2, 0) is 16.1 Å². The Balaban J connectivity index is 1.51. The van der Waals surface area contributed by atoms with Crippen molar-refractivity contribution in [1.82, 2.24) is 15.2 Å². The van der Waals surface area contributed by atoms with Crippen molar-refractivity contribution in [3.63, 3.8) is 0 Å². The molecular formula is C24H31N3O4. The zero-order valence-electron chi connectivity index (χ0n) is 18.5. The number of aryl methyl sites for hydroxylation is 1. The summed E-state index contributed by atoms with van der Waals surface area (Å²) in [6.45, 7) is 7.32. The first-order chi connectivity index (χ1) is 14.9. The predicted molar refractivity (Wildman–Crippen MR) is 118 cm³/mol. The molecule has 0 aliphatic carbocycles. The lowest BCUT2D eigenvalue weighted by atomic mass is 9.93. The van der Waals surface area contributed by atoms with E-state index in [-0.39, 0.29) is 17.7 Å². The number of esters is 1. The van der Waals surface area contributed by atoms with E-state index in [2.05, 4.69) is 10.3 Å². The first kappa shape index (κ1) is 22.6. The number of likely N-dealkylation sites (tertiary alicyclic amines) is 1. The number of nitrogens with one attached hydrogen (secondary N) is 2. The number of piperidine rings is 1. The summed E-state index contributed by atoms with van der Waals surface area (Å²) in [6.07, 6.45) is 2.05. The van der Waals surface area contributed by atoms with Gasteiger partial charge in [0.25, 0.3) is 5.91 Å². The lowest BCUT2D eigenvalue weighted by Crippen LogP contribution is -2.40. The average Bonchev–Trinajstić information content (AvgIpc) is 3.07. The van der Waals surface area contributed by atoms with E-state index in [4.69, 9.17) is 4.74 Å². The van der Waals surface area contributed by atoms with Gasteiger partial charge in [0.2, 0.25) is 5.91 Å². The first-order valence-corrected chi connectivity index (χ1v) is 10.9.